The van der Waals surface area contributed by atoms with E-state index >= 15 is 0 Å². The normalized spacial score (nSPS) is 9.90. The number of hydrogen-bond acceptors (Lipinski definition) is 2. The number of halogens is 2. The van der Waals surface area contributed by atoms with Crippen molar-refractivity contribution in [2.45, 2.75) is 13.5 Å². The lowest BCUT2D eigenvalue weighted by Crippen LogP contribution is -1.99. The second kappa shape index (κ2) is 6.87. The van der Waals surface area contributed by atoms with Crippen LogP contribution in [0.5, 0.6) is 5.75 Å². The van der Waals surface area contributed by atoms with Crippen molar-refractivity contribution in [2.24, 2.45) is 5.73 Å². The minimum atomic E-state index is -0.426. The van der Waals surface area contributed by atoms with Crippen LogP contribution in [0, 0.1) is 30.4 Å². The van der Waals surface area contributed by atoms with Crippen LogP contribution in [0.25, 0.3) is 0 Å². The molecule has 0 fully saturated rings. The summed E-state index contributed by atoms with van der Waals surface area (Å²) in [5.74, 6) is 5.08. The summed E-state index contributed by atoms with van der Waals surface area (Å²) in [5, 5.41) is 0. The highest BCUT2D eigenvalue weighted by molar-refractivity contribution is 5.40. The standard InChI is InChI=1S/C17H15F2NO/c1-12-7-15(18)5-4-14(12)11-21-17-9-13(3-2-6-20)8-16(19)10-17/h4-5,7-10H,6,11,20H2,1H3. The Morgan fingerprint density at radius 2 is 1.90 bits per heavy atom. The van der Waals surface area contributed by atoms with Crippen molar-refractivity contribution in [3.63, 3.8) is 0 Å². The van der Waals surface area contributed by atoms with Crippen LogP contribution >= 0.6 is 0 Å². The quantitative estimate of drug-likeness (QED) is 0.880. The van der Waals surface area contributed by atoms with Gasteiger partial charge in [-0.3, -0.25) is 0 Å². The summed E-state index contributed by atoms with van der Waals surface area (Å²) in [7, 11) is 0. The molecular weight excluding hydrogens is 272 g/mol. The average molecular weight is 287 g/mol. The lowest BCUT2D eigenvalue weighted by Gasteiger charge is -2.09. The van der Waals surface area contributed by atoms with Gasteiger partial charge in [0.15, 0.2) is 0 Å². The molecule has 0 heterocycles. The molecule has 108 valence electrons. The van der Waals surface area contributed by atoms with Crippen molar-refractivity contribution in [3.8, 4) is 17.6 Å². The van der Waals surface area contributed by atoms with Crippen molar-refractivity contribution in [1.29, 1.82) is 0 Å². The number of rotatable bonds is 3. The average Bonchev–Trinajstić information content (AvgIpc) is 2.43. The lowest BCUT2D eigenvalue weighted by molar-refractivity contribution is 0.303. The first-order valence-corrected chi connectivity index (χ1v) is 6.46. The first-order valence-electron chi connectivity index (χ1n) is 6.46. The Hall–Kier alpha value is -2.38. The van der Waals surface area contributed by atoms with Gasteiger partial charge in [-0.2, -0.15) is 0 Å². The van der Waals surface area contributed by atoms with Crippen LogP contribution in [-0.2, 0) is 6.61 Å². The molecule has 2 rings (SSSR count). The molecule has 0 aliphatic heterocycles. The van der Waals surface area contributed by atoms with Crippen molar-refractivity contribution in [2.75, 3.05) is 6.54 Å². The van der Waals surface area contributed by atoms with E-state index in [0.29, 0.717) is 11.3 Å². The third-order valence-corrected chi connectivity index (χ3v) is 2.91. The van der Waals surface area contributed by atoms with Gasteiger partial charge in [0.05, 0.1) is 6.54 Å². The van der Waals surface area contributed by atoms with E-state index in [1.807, 2.05) is 0 Å². The van der Waals surface area contributed by atoms with Gasteiger partial charge in [0.1, 0.15) is 24.0 Å². The summed E-state index contributed by atoms with van der Waals surface area (Å²) in [4.78, 5) is 0. The van der Waals surface area contributed by atoms with E-state index in [0.717, 1.165) is 11.1 Å². The van der Waals surface area contributed by atoms with E-state index in [4.69, 9.17) is 10.5 Å². The first kappa shape index (κ1) is 15.0. The van der Waals surface area contributed by atoms with Crippen LogP contribution in [0.3, 0.4) is 0 Å². The zero-order valence-electron chi connectivity index (χ0n) is 11.6. The maximum atomic E-state index is 13.5. The molecule has 0 saturated carbocycles. The van der Waals surface area contributed by atoms with Crippen molar-refractivity contribution in [1.82, 2.24) is 0 Å². The monoisotopic (exact) mass is 287 g/mol. The van der Waals surface area contributed by atoms with Gasteiger partial charge < -0.3 is 10.5 Å². The van der Waals surface area contributed by atoms with E-state index in [2.05, 4.69) is 11.8 Å². The van der Waals surface area contributed by atoms with E-state index in [1.54, 1.807) is 19.1 Å². The molecule has 0 bridgehead atoms. The fourth-order valence-electron chi connectivity index (χ4n) is 1.85. The van der Waals surface area contributed by atoms with Crippen LogP contribution in [0.15, 0.2) is 36.4 Å². The van der Waals surface area contributed by atoms with Crippen LogP contribution in [0.1, 0.15) is 16.7 Å². The van der Waals surface area contributed by atoms with Crippen LogP contribution in [0.4, 0.5) is 8.78 Å². The Morgan fingerprint density at radius 1 is 1.10 bits per heavy atom. The number of ether oxygens (including phenoxy) is 1. The minimum absolute atomic E-state index is 0.210. The van der Waals surface area contributed by atoms with Gasteiger partial charge in [0.25, 0.3) is 0 Å². The number of benzene rings is 2. The van der Waals surface area contributed by atoms with Gasteiger partial charge in [-0.25, -0.2) is 8.78 Å². The molecule has 0 aliphatic rings. The fraction of sp³-hybridized carbons (Fsp3) is 0.176. The van der Waals surface area contributed by atoms with Crippen molar-refractivity contribution < 1.29 is 13.5 Å². The predicted molar refractivity (Wildman–Crippen MR) is 77.8 cm³/mol. The molecule has 0 spiro atoms. The summed E-state index contributed by atoms with van der Waals surface area (Å²) >= 11 is 0. The number of aryl methyl sites for hydroxylation is 1. The second-order valence-electron chi connectivity index (χ2n) is 4.54. The second-order valence-corrected chi connectivity index (χ2v) is 4.54. The molecule has 0 aromatic heterocycles. The third-order valence-electron chi connectivity index (χ3n) is 2.91. The zero-order chi connectivity index (χ0) is 15.2. The molecule has 4 heteroatoms. The highest BCUT2D eigenvalue weighted by Gasteiger charge is 2.04. The van der Waals surface area contributed by atoms with E-state index in [1.165, 1.54) is 24.3 Å². The van der Waals surface area contributed by atoms with E-state index < -0.39 is 5.82 Å². The highest BCUT2D eigenvalue weighted by atomic mass is 19.1. The smallest absolute Gasteiger partial charge is 0.128 e. The maximum Gasteiger partial charge on any atom is 0.128 e. The predicted octanol–water partition coefficient (Wildman–Crippen LogP) is 3.16. The van der Waals surface area contributed by atoms with Crippen molar-refractivity contribution in [3.05, 3.63) is 64.7 Å². The Labute approximate surface area is 122 Å². The Bertz CT molecular complexity index is 702. The molecule has 0 radical (unpaired) electrons. The number of hydrogen-bond donors (Lipinski definition) is 1. The van der Waals surface area contributed by atoms with Crippen LogP contribution in [-0.4, -0.2) is 6.54 Å². The minimum Gasteiger partial charge on any atom is -0.489 e. The summed E-state index contributed by atoms with van der Waals surface area (Å²) in [5.41, 5.74) is 7.42. The lowest BCUT2D eigenvalue weighted by atomic mass is 10.1. The molecule has 0 aliphatic carbocycles. The molecule has 0 saturated heterocycles. The Morgan fingerprint density at radius 3 is 2.62 bits per heavy atom. The van der Waals surface area contributed by atoms with Gasteiger partial charge in [-0.1, -0.05) is 17.9 Å². The van der Waals surface area contributed by atoms with Gasteiger partial charge >= 0.3 is 0 Å². The maximum absolute atomic E-state index is 13.5. The summed E-state index contributed by atoms with van der Waals surface area (Å²) in [6, 6.07) is 8.70. The Kier molecular flexibility index (Phi) is 4.91. The van der Waals surface area contributed by atoms with Crippen molar-refractivity contribution >= 4 is 0 Å². The van der Waals surface area contributed by atoms with Gasteiger partial charge in [0, 0.05) is 11.6 Å². The van der Waals surface area contributed by atoms with Crippen LogP contribution < -0.4 is 10.5 Å². The molecule has 0 atom stereocenters. The summed E-state index contributed by atoms with van der Waals surface area (Å²) in [6.07, 6.45) is 0. The highest BCUT2D eigenvalue weighted by Crippen LogP contribution is 2.19. The van der Waals surface area contributed by atoms with E-state index in [9.17, 15) is 8.78 Å². The van der Waals surface area contributed by atoms with Crippen LogP contribution in [0.2, 0.25) is 0 Å². The molecular formula is C17H15F2NO. The Balaban J connectivity index is 2.14. The summed E-state index contributed by atoms with van der Waals surface area (Å²) in [6.45, 7) is 2.24. The summed E-state index contributed by atoms with van der Waals surface area (Å²) < 4.78 is 32.1. The molecule has 2 aromatic carbocycles. The molecule has 2 N–H and O–H groups in total. The number of nitrogens with two attached hydrogens (primary N) is 1. The topological polar surface area (TPSA) is 35.2 Å². The van der Waals surface area contributed by atoms with Gasteiger partial charge in [-0.15, -0.1) is 0 Å². The van der Waals surface area contributed by atoms with Gasteiger partial charge in [-0.05, 0) is 42.3 Å². The largest absolute Gasteiger partial charge is 0.489 e. The van der Waals surface area contributed by atoms with E-state index in [-0.39, 0.29) is 19.0 Å². The molecule has 0 unspecified atom stereocenters. The third kappa shape index (κ3) is 4.30. The molecule has 2 nitrogen and oxygen atoms in total. The fourth-order valence-corrected chi connectivity index (χ4v) is 1.85. The molecule has 21 heavy (non-hydrogen) atoms. The SMILES string of the molecule is Cc1cc(F)ccc1COc1cc(F)cc(C#CCN)c1. The molecule has 2 aromatic rings. The zero-order valence-corrected chi connectivity index (χ0v) is 11.6. The first-order chi connectivity index (χ1) is 10.1. The van der Waals surface area contributed by atoms with Gasteiger partial charge in [0.2, 0.25) is 0 Å². The molecule has 0 amide bonds.